The largest absolute Gasteiger partial charge is 0.467 e. The molecule has 0 amide bonds. The molecule has 17 heavy (non-hydrogen) atoms. The highest BCUT2D eigenvalue weighted by Gasteiger charge is 2.17. The number of rotatable bonds is 6. The van der Waals surface area contributed by atoms with Crippen LogP contribution < -0.4 is 4.74 Å². The lowest BCUT2D eigenvalue weighted by molar-refractivity contribution is -0.118. The Labute approximate surface area is 100 Å². The van der Waals surface area contributed by atoms with Gasteiger partial charge in [0.25, 0.3) is 0 Å². The van der Waals surface area contributed by atoms with Gasteiger partial charge < -0.3 is 14.3 Å². The first-order valence-corrected chi connectivity index (χ1v) is 5.37. The number of aromatic nitrogens is 2. The van der Waals surface area contributed by atoms with Gasteiger partial charge in [0.15, 0.2) is 0 Å². The van der Waals surface area contributed by atoms with Gasteiger partial charge in [-0.25, -0.2) is 9.97 Å². The van der Waals surface area contributed by atoms with Gasteiger partial charge in [-0.05, 0) is 19.4 Å². The Balaban J connectivity index is 2.86. The molecular formula is C12H16N2O3. The SMILES string of the molecule is COc1ncc(C(CC(C)=O)CC(C)=O)cn1. The van der Waals surface area contributed by atoms with Gasteiger partial charge in [0.1, 0.15) is 11.6 Å². The molecule has 1 aromatic rings. The first kappa shape index (κ1) is 13.3. The second-order valence-electron chi connectivity index (χ2n) is 4.01. The fourth-order valence-electron chi connectivity index (χ4n) is 1.64. The molecule has 0 N–H and O–H groups in total. The van der Waals surface area contributed by atoms with Crippen molar-refractivity contribution in [2.24, 2.45) is 0 Å². The first-order valence-electron chi connectivity index (χ1n) is 5.37. The third-order valence-corrected chi connectivity index (χ3v) is 2.37. The molecule has 0 aliphatic carbocycles. The number of nitrogens with zero attached hydrogens (tertiary/aromatic N) is 2. The van der Waals surface area contributed by atoms with Gasteiger partial charge >= 0.3 is 6.01 Å². The fourth-order valence-corrected chi connectivity index (χ4v) is 1.64. The minimum Gasteiger partial charge on any atom is -0.467 e. The lowest BCUT2D eigenvalue weighted by atomic mass is 9.91. The number of Topliss-reactive ketones (excluding diaryl/α,β-unsaturated/α-hetero) is 2. The van der Waals surface area contributed by atoms with Crippen molar-refractivity contribution in [2.45, 2.75) is 32.6 Å². The van der Waals surface area contributed by atoms with E-state index in [4.69, 9.17) is 4.74 Å². The van der Waals surface area contributed by atoms with Crippen molar-refractivity contribution in [1.29, 1.82) is 0 Å². The molecule has 0 unspecified atom stereocenters. The van der Waals surface area contributed by atoms with E-state index in [0.29, 0.717) is 12.8 Å². The molecule has 1 rings (SSSR count). The summed E-state index contributed by atoms with van der Waals surface area (Å²) in [4.78, 5) is 30.3. The van der Waals surface area contributed by atoms with Crippen molar-refractivity contribution in [3.05, 3.63) is 18.0 Å². The summed E-state index contributed by atoms with van der Waals surface area (Å²) in [5.41, 5.74) is 0.788. The third-order valence-electron chi connectivity index (χ3n) is 2.37. The predicted octanol–water partition coefficient (Wildman–Crippen LogP) is 1.53. The highest BCUT2D eigenvalue weighted by atomic mass is 16.5. The van der Waals surface area contributed by atoms with Crippen molar-refractivity contribution < 1.29 is 14.3 Å². The minimum atomic E-state index is -0.143. The number of methoxy groups -OCH3 is 1. The molecule has 0 aliphatic rings. The van der Waals surface area contributed by atoms with E-state index in [1.54, 1.807) is 12.4 Å². The Hall–Kier alpha value is -1.78. The normalized spacial score (nSPS) is 10.4. The molecule has 0 aliphatic heterocycles. The van der Waals surface area contributed by atoms with Crippen LogP contribution >= 0.6 is 0 Å². The van der Waals surface area contributed by atoms with Gasteiger partial charge in [-0.2, -0.15) is 0 Å². The smallest absolute Gasteiger partial charge is 0.316 e. The highest BCUT2D eigenvalue weighted by molar-refractivity contribution is 5.80. The van der Waals surface area contributed by atoms with E-state index < -0.39 is 0 Å². The van der Waals surface area contributed by atoms with Crippen molar-refractivity contribution >= 4 is 11.6 Å². The number of hydrogen-bond donors (Lipinski definition) is 0. The predicted molar refractivity (Wildman–Crippen MR) is 61.9 cm³/mol. The van der Waals surface area contributed by atoms with Crippen molar-refractivity contribution in [3.8, 4) is 6.01 Å². The van der Waals surface area contributed by atoms with Gasteiger partial charge in [-0.1, -0.05) is 0 Å². The van der Waals surface area contributed by atoms with Crippen molar-refractivity contribution in [1.82, 2.24) is 9.97 Å². The Morgan fingerprint density at radius 1 is 1.18 bits per heavy atom. The molecule has 0 aromatic carbocycles. The van der Waals surface area contributed by atoms with E-state index in [9.17, 15) is 9.59 Å². The van der Waals surface area contributed by atoms with Crippen LogP contribution in [0.15, 0.2) is 12.4 Å². The van der Waals surface area contributed by atoms with E-state index in [1.807, 2.05) is 0 Å². The maximum atomic E-state index is 11.2. The lowest BCUT2D eigenvalue weighted by Gasteiger charge is -2.13. The summed E-state index contributed by atoms with van der Waals surface area (Å²) in [5.74, 6) is -0.0463. The molecule has 0 spiro atoms. The maximum Gasteiger partial charge on any atom is 0.316 e. The Morgan fingerprint density at radius 3 is 2.00 bits per heavy atom. The van der Waals surface area contributed by atoms with Gasteiger partial charge in [0.05, 0.1) is 7.11 Å². The van der Waals surface area contributed by atoms with Gasteiger partial charge in [0.2, 0.25) is 0 Å². The third kappa shape index (κ3) is 4.30. The standard InChI is InChI=1S/C12H16N2O3/c1-8(15)4-10(5-9(2)16)11-6-13-12(17-3)14-7-11/h6-7,10H,4-5H2,1-3H3. The molecule has 0 fully saturated rings. The van der Waals surface area contributed by atoms with Crippen LogP contribution in [0, 0.1) is 0 Å². The molecule has 92 valence electrons. The fraction of sp³-hybridized carbons (Fsp3) is 0.500. The van der Waals surface area contributed by atoms with Crippen LogP contribution in [-0.2, 0) is 9.59 Å². The molecule has 0 saturated heterocycles. The maximum absolute atomic E-state index is 11.2. The summed E-state index contributed by atoms with van der Waals surface area (Å²) in [6, 6.07) is 0.276. The molecular weight excluding hydrogens is 220 g/mol. The Bertz CT molecular complexity index is 385. The molecule has 5 heteroatoms. The summed E-state index contributed by atoms with van der Waals surface area (Å²) >= 11 is 0. The average Bonchev–Trinajstić information content (AvgIpc) is 2.27. The zero-order valence-electron chi connectivity index (χ0n) is 10.3. The molecule has 1 aromatic heterocycles. The van der Waals surface area contributed by atoms with Crippen molar-refractivity contribution in [3.63, 3.8) is 0 Å². The Morgan fingerprint density at radius 2 is 1.65 bits per heavy atom. The van der Waals surface area contributed by atoms with E-state index >= 15 is 0 Å². The van der Waals surface area contributed by atoms with Gasteiger partial charge in [0, 0.05) is 31.2 Å². The average molecular weight is 236 g/mol. The topological polar surface area (TPSA) is 69.2 Å². The van der Waals surface area contributed by atoms with Crippen LogP contribution in [0.5, 0.6) is 6.01 Å². The van der Waals surface area contributed by atoms with Crippen LogP contribution in [0.2, 0.25) is 0 Å². The first-order chi connectivity index (χ1) is 8.02. The summed E-state index contributed by atoms with van der Waals surface area (Å²) in [7, 11) is 1.48. The second-order valence-corrected chi connectivity index (χ2v) is 4.01. The quantitative estimate of drug-likeness (QED) is 0.749. The summed E-state index contributed by atoms with van der Waals surface area (Å²) in [6.07, 6.45) is 3.86. The molecule has 5 nitrogen and oxygen atoms in total. The van der Waals surface area contributed by atoms with Crippen LogP contribution in [-0.4, -0.2) is 28.6 Å². The monoisotopic (exact) mass is 236 g/mol. The number of carbonyl (C=O) groups excluding carboxylic acids is 2. The number of ketones is 2. The van der Waals surface area contributed by atoms with E-state index in [-0.39, 0.29) is 23.5 Å². The highest BCUT2D eigenvalue weighted by Crippen LogP contribution is 2.23. The molecule has 0 radical (unpaired) electrons. The van der Waals surface area contributed by atoms with E-state index in [1.165, 1.54) is 21.0 Å². The summed E-state index contributed by atoms with van der Waals surface area (Å²) < 4.78 is 4.86. The number of hydrogen-bond acceptors (Lipinski definition) is 5. The molecule has 0 saturated carbocycles. The Kier molecular flexibility index (Phi) is 4.75. The zero-order chi connectivity index (χ0) is 12.8. The van der Waals surface area contributed by atoms with Crippen LogP contribution in [0.1, 0.15) is 38.2 Å². The van der Waals surface area contributed by atoms with Crippen LogP contribution in [0.4, 0.5) is 0 Å². The van der Waals surface area contributed by atoms with Crippen LogP contribution in [0.3, 0.4) is 0 Å². The second kappa shape index (κ2) is 6.08. The molecule has 1 heterocycles. The van der Waals surface area contributed by atoms with Gasteiger partial charge in [-0.3, -0.25) is 0 Å². The number of carbonyl (C=O) groups is 2. The minimum absolute atomic E-state index is 0.0482. The van der Waals surface area contributed by atoms with E-state index in [0.717, 1.165) is 5.56 Å². The number of ether oxygens (including phenoxy) is 1. The zero-order valence-corrected chi connectivity index (χ0v) is 10.3. The summed E-state index contributed by atoms with van der Waals surface area (Å²) in [6.45, 7) is 3.02. The molecule has 0 atom stereocenters. The summed E-state index contributed by atoms with van der Waals surface area (Å²) in [5, 5.41) is 0. The van der Waals surface area contributed by atoms with Crippen molar-refractivity contribution in [2.75, 3.05) is 7.11 Å². The van der Waals surface area contributed by atoms with Crippen LogP contribution in [0.25, 0.3) is 0 Å². The van der Waals surface area contributed by atoms with Gasteiger partial charge in [-0.15, -0.1) is 0 Å². The lowest BCUT2D eigenvalue weighted by Crippen LogP contribution is -2.09. The molecule has 0 bridgehead atoms. The van der Waals surface area contributed by atoms with E-state index in [2.05, 4.69) is 9.97 Å².